The van der Waals surface area contributed by atoms with Gasteiger partial charge >= 0.3 is 0 Å². The molecule has 0 radical (unpaired) electrons. The van der Waals surface area contributed by atoms with Crippen LogP contribution in [-0.4, -0.2) is 46.6 Å². The Bertz CT molecular complexity index is 1440. The monoisotopic (exact) mass is 515 g/mol. The van der Waals surface area contributed by atoms with Gasteiger partial charge in [-0.25, -0.2) is 4.68 Å². The molecule has 9 nitrogen and oxygen atoms in total. The van der Waals surface area contributed by atoms with E-state index in [2.05, 4.69) is 15.6 Å². The molecule has 0 bridgehead atoms. The van der Waals surface area contributed by atoms with Gasteiger partial charge in [-0.2, -0.15) is 0 Å². The standard InChI is InChI=1S/C29H33N5O4/c1-19-14-16-20(17-15-19)34(25(35)18-33-23-12-8-7-11-22(23)31-32-33)26(28(36)30-29(2,3)4)21-10-9-13-24(37-5)27(21)38-6/h7-17,26H,18H2,1-6H3,(H,30,36). The van der Waals surface area contributed by atoms with Crippen molar-refractivity contribution in [1.29, 1.82) is 0 Å². The van der Waals surface area contributed by atoms with Gasteiger partial charge in [0, 0.05) is 16.8 Å². The summed E-state index contributed by atoms with van der Waals surface area (Å²) in [5.41, 5.74) is 2.93. The molecule has 1 heterocycles. The Kier molecular flexibility index (Phi) is 7.66. The smallest absolute Gasteiger partial charge is 0.249 e. The molecule has 4 aromatic rings. The Hall–Kier alpha value is -4.40. The third-order valence-corrected chi connectivity index (χ3v) is 6.02. The summed E-state index contributed by atoms with van der Waals surface area (Å²) in [4.78, 5) is 29.7. The molecule has 0 fully saturated rings. The van der Waals surface area contributed by atoms with Gasteiger partial charge in [-0.1, -0.05) is 47.2 Å². The Morgan fingerprint density at radius 2 is 1.68 bits per heavy atom. The van der Waals surface area contributed by atoms with E-state index in [0.29, 0.717) is 28.3 Å². The molecule has 0 spiro atoms. The zero-order chi connectivity index (χ0) is 27.4. The van der Waals surface area contributed by atoms with E-state index in [0.717, 1.165) is 11.1 Å². The second kappa shape index (κ2) is 10.9. The van der Waals surface area contributed by atoms with Crippen LogP contribution in [-0.2, 0) is 16.1 Å². The molecule has 198 valence electrons. The average molecular weight is 516 g/mol. The SMILES string of the molecule is COc1cccc(C(C(=O)NC(C)(C)C)N(C(=O)Cn2nnc3ccccc32)c2ccc(C)cc2)c1OC. The maximum Gasteiger partial charge on any atom is 0.249 e. The summed E-state index contributed by atoms with van der Waals surface area (Å²) >= 11 is 0. The van der Waals surface area contributed by atoms with Gasteiger partial charge in [-0.15, -0.1) is 5.10 Å². The van der Waals surface area contributed by atoms with Crippen LogP contribution < -0.4 is 19.7 Å². The summed E-state index contributed by atoms with van der Waals surface area (Å²) in [6, 6.07) is 19.1. The van der Waals surface area contributed by atoms with Crippen LogP contribution in [0.2, 0.25) is 0 Å². The Balaban J connectivity index is 1.89. The van der Waals surface area contributed by atoms with Crippen LogP contribution in [0.1, 0.15) is 37.9 Å². The first-order valence-electron chi connectivity index (χ1n) is 12.3. The fourth-order valence-corrected chi connectivity index (χ4v) is 4.34. The number of aromatic nitrogens is 3. The quantitative estimate of drug-likeness (QED) is 0.372. The number of benzene rings is 3. The van der Waals surface area contributed by atoms with Gasteiger partial charge in [0.25, 0.3) is 0 Å². The third-order valence-electron chi connectivity index (χ3n) is 6.02. The highest BCUT2D eigenvalue weighted by atomic mass is 16.5. The number of amides is 2. The number of nitrogens with one attached hydrogen (secondary N) is 1. The molecule has 1 unspecified atom stereocenters. The first kappa shape index (κ1) is 26.7. The molecule has 0 saturated heterocycles. The van der Waals surface area contributed by atoms with E-state index in [1.54, 1.807) is 22.9 Å². The molecule has 9 heteroatoms. The van der Waals surface area contributed by atoms with Crippen molar-refractivity contribution in [3.05, 3.63) is 77.9 Å². The van der Waals surface area contributed by atoms with Crippen molar-refractivity contribution in [1.82, 2.24) is 20.3 Å². The topological polar surface area (TPSA) is 98.6 Å². The summed E-state index contributed by atoms with van der Waals surface area (Å²) in [5, 5.41) is 11.4. The van der Waals surface area contributed by atoms with Crippen LogP contribution >= 0.6 is 0 Å². The van der Waals surface area contributed by atoms with Gasteiger partial charge in [0.2, 0.25) is 11.8 Å². The molecule has 1 aromatic heterocycles. The Morgan fingerprint density at radius 3 is 2.34 bits per heavy atom. The number of carbonyl (C=O) groups excluding carboxylic acids is 2. The van der Waals surface area contributed by atoms with Gasteiger partial charge in [-0.05, 0) is 58.0 Å². The van der Waals surface area contributed by atoms with Crippen molar-refractivity contribution < 1.29 is 19.1 Å². The lowest BCUT2D eigenvalue weighted by Gasteiger charge is -2.34. The average Bonchev–Trinajstić information content (AvgIpc) is 3.29. The minimum Gasteiger partial charge on any atom is -0.493 e. The highest BCUT2D eigenvalue weighted by Crippen LogP contribution is 2.39. The van der Waals surface area contributed by atoms with E-state index in [4.69, 9.17) is 9.47 Å². The Labute approximate surface area is 222 Å². The first-order valence-corrected chi connectivity index (χ1v) is 12.3. The minimum absolute atomic E-state index is 0.125. The van der Waals surface area contributed by atoms with Crippen LogP contribution in [0.3, 0.4) is 0 Å². The summed E-state index contributed by atoms with van der Waals surface area (Å²) in [5.74, 6) is 0.127. The molecule has 1 atom stereocenters. The van der Waals surface area contributed by atoms with Crippen LogP contribution in [0.15, 0.2) is 66.7 Å². The largest absolute Gasteiger partial charge is 0.493 e. The van der Waals surface area contributed by atoms with E-state index >= 15 is 0 Å². The molecule has 0 aliphatic carbocycles. The van der Waals surface area contributed by atoms with Crippen molar-refractivity contribution in [2.45, 2.75) is 45.8 Å². The second-order valence-corrected chi connectivity index (χ2v) is 10.1. The zero-order valence-electron chi connectivity index (χ0n) is 22.6. The number of anilines is 1. The van der Waals surface area contributed by atoms with E-state index < -0.39 is 11.6 Å². The highest BCUT2D eigenvalue weighted by Gasteiger charge is 2.37. The van der Waals surface area contributed by atoms with Gasteiger partial charge in [0.1, 0.15) is 18.1 Å². The normalized spacial score (nSPS) is 12.2. The molecule has 1 N–H and O–H groups in total. The second-order valence-electron chi connectivity index (χ2n) is 10.1. The molecular weight excluding hydrogens is 482 g/mol. The number of fused-ring (bicyclic) bond motifs is 1. The number of hydrogen-bond donors (Lipinski definition) is 1. The summed E-state index contributed by atoms with van der Waals surface area (Å²) < 4.78 is 12.8. The predicted molar refractivity (Wildman–Crippen MR) is 146 cm³/mol. The molecule has 0 aliphatic heterocycles. The van der Waals surface area contributed by atoms with Crippen LogP contribution in [0.5, 0.6) is 11.5 Å². The fourth-order valence-electron chi connectivity index (χ4n) is 4.34. The van der Waals surface area contributed by atoms with Crippen LogP contribution in [0.25, 0.3) is 11.0 Å². The van der Waals surface area contributed by atoms with Gasteiger partial charge < -0.3 is 14.8 Å². The number of para-hydroxylation sites is 2. The molecule has 38 heavy (non-hydrogen) atoms. The van der Waals surface area contributed by atoms with Gasteiger partial charge in [-0.3, -0.25) is 14.5 Å². The van der Waals surface area contributed by atoms with Crippen molar-refractivity contribution in [3.63, 3.8) is 0 Å². The lowest BCUT2D eigenvalue weighted by atomic mass is 9.99. The number of carbonyl (C=O) groups is 2. The number of nitrogens with zero attached hydrogens (tertiary/aromatic N) is 4. The molecule has 4 rings (SSSR count). The van der Waals surface area contributed by atoms with Gasteiger partial charge in [0.15, 0.2) is 11.5 Å². The third kappa shape index (κ3) is 5.61. The van der Waals surface area contributed by atoms with E-state index in [1.807, 2.05) is 76.2 Å². The minimum atomic E-state index is -1.07. The zero-order valence-corrected chi connectivity index (χ0v) is 22.6. The van der Waals surface area contributed by atoms with Crippen LogP contribution in [0, 0.1) is 6.92 Å². The number of ether oxygens (including phenoxy) is 2. The van der Waals surface area contributed by atoms with E-state index in [9.17, 15) is 9.59 Å². The summed E-state index contributed by atoms with van der Waals surface area (Å²) in [6.45, 7) is 7.52. The number of hydrogen-bond acceptors (Lipinski definition) is 6. The Morgan fingerprint density at radius 1 is 0.974 bits per heavy atom. The molecule has 2 amide bonds. The molecular formula is C29H33N5O4. The lowest BCUT2D eigenvalue weighted by Crippen LogP contribution is -2.50. The van der Waals surface area contributed by atoms with Crippen molar-refractivity contribution in [3.8, 4) is 11.5 Å². The van der Waals surface area contributed by atoms with E-state index in [-0.39, 0.29) is 18.4 Å². The van der Waals surface area contributed by atoms with Crippen molar-refractivity contribution in [2.75, 3.05) is 19.1 Å². The van der Waals surface area contributed by atoms with Crippen LogP contribution in [0.4, 0.5) is 5.69 Å². The number of rotatable bonds is 8. The molecule has 0 aliphatic rings. The maximum atomic E-state index is 14.2. The van der Waals surface area contributed by atoms with Crippen molar-refractivity contribution >= 4 is 28.5 Å². The lowest BCUT2D eigenvalue weighted by molar-refractivity contribution is -0.128. The van der Waals surface area contributed by atoms with Gasteiger partial charge in [0.05, 0.1) is 19.7 Å². The van der Waals surface area contributed by atoms with E-state index in [1.165, 1.54) is 19.1 Å². The number of methoxy groups -OCH3 is 2. The highest BCUT2D eigenvalue weighted by molar-refractivity contribution is 6.02. The van der Waals surface area contributed by atoms with Crippen molar-refractivity contribution in [2.24, 2.45) is 0 Å². The molecule has 0 saturated carbocycles. The summed E-state index contributed by atoms with van der Waals surface area (Å²) in [7, 11) is 3.05. The number of aryl methyl sites for hydroxylation is 1. The maximum absolute atomic E-state index is 14.2. The first-order chi connectivity index (χ1) is 18.1. The molecule has 3 aromatic carbocycles. The fraction of sp³-hybridized carbons (Fsp3) is 0.310. The predicted octanol–water partition coefficient (Wildman–Crippen LogP) is 4.45. The summed E-state index contributed by atoms with van der Waals surface area (Å²) in [6.07, 6.45) is 0.